The first-order valence-electron chi connectivity index (χ1n) is 8.30. The molecule has 1 aliphatic heterocycles. The number of aromatic nitrogens is 1. The molecule has 0 N–H and O–H groups in total. The summed E-state index contributed by atoms with van der Waals surface area (Å²) < 4.78 is 0. The molecule has 3 nitrogen and oxygen atoms in total. The molecule has 0 unspecified atom stereocenters. The van der Waals surface area contributed by atoms with Crippen molar-refractivity contribution in [2.24, 2.45) is 0 Å². The lowest BCUT2D eigenvalue weighted by Crippen LogP contribution is -2.23. The monoisotopic (exact) mass is 306 g/mol. The molecule has 23 heavy (non-hydrogen) atoms. The summed E-state index contributed by atoms with van der Waals surface area (Å²) in [7, 11) is 0. The van der Waals surface area contributed by atoms with Crippen LogP contribution in [-0.2, 0) is 0 Å². The van der Waals surface area contributed by atoms with Gasteiger partial charge in [-0.1, -0.05) is 18.9 Å². The molecule has 0 atom stereocenters. The summed E-state index contributed by atoms with van der Waals surface area (Å²) >= 11 is 0. The minimum Gasteiger partial charge on any atom is -0.372 e. The van der Waals surface area contributed by atoms with Crippen molar-refractivity contribution in [3.8, 4) is 0 Å². The van der Waals surface area contributed by atoms with Crippen LogP contribution in [0.5, 0.6) is 0 Å². The Kier molecular flexibility index (Phi) is 5.20. The van der Waals surface area contributed by atoms with E-state index < -0.39 is 0 Å². The van der Waals surface area contributed by atoms with Gasteiger partial charge in [-0.05, 0) is 60.9 Å². The van der Waals surface area contributed by atoms with E-state index in [2.05, 4.69) is 22.0 Å². The van der Waals surface area contributed by atoms with Gasteiger partial charge in [-0.2, -0.15) is 0 Å². The summed E-state index contributed by atoms with van der Waals surface area (Å²) in [4.78, 5) is 18.7. The molecule has 2 heterocycles. The summed E-state index contributed by atoms with van der Waals surface area (Å²) in [6, 6.07) is 11.8. The van der Waals surface area contributed by atoms with Crippen molar-refractivity contribution >= 4 is 17.5 Å². The number of benzene rings is 1. The first kappa shape index (κ1) is 15.5. The van der Waals surface area contributed by atoms with Crippen LogP contribution < -0.4 is 4.90 Å². The molecule has 1 aromatic carbocycles. The van der Waals surface area contributed by atoms with E-state index in [1.165, 1.54) is 31.4 Å². The Bertz CT molecular complexity index is 654. The van der Waals surface area contributed by atoms with Gasteiger partial charge in [-0.3, -0.25) is 9.78 Å². The number of allylic oxidation sites excluding steroid dienone is 1. The molecular formula is C20H22N2O. The van der Waals surface area contributed by atoms with Crippen LogP contribution >= 0.6 is 0 Å². The number of hydrogen-bond donors (Lipinski definition) is 0. The number of hydrogen-bond acceptors (Lipinski definition) is 3. The molecule has 0 spiro atoms. The smallest absolute Gasteiger partial charge is 0.185 e. The second kappa shape index (κ2) is 7.73. The van der Waals surface area contributed by atoms with E-state index >= 15 is 0 Å². The molecule has 1 saturated heterocycles. The van der Waals surface area contributed by atoms with Gasteiger partial charge in [0.15, 0.2) is 5.78 Å². The predicted octanol–water partition coefficient (Wildman–Crippen LogP) is 4.36. The lowest BCUT2D eigenvalue weighted by atomic mass is 10.1. The predicted molar refractivity (Wildman–Crippen MR) is 94.7 cm³/mol. The van der Waals surface area contributed by atoms with Crippen molar-refractivity contribution in [1.29, 1.82) is 0 Å². The molecule has 0 saturated carbocycles. The highest BCUT2D eigenvalue weighted by Crippen LogP contribution is 2.20. The Balaban J connectivity index is 1.66. The maximum atomic E-state index is 12.2. The molecule has 0 radical (unpaired) electrons. The zero-order chi connectivity index (χ0) is 15.9. The largest absolute Gasteiger partial charge is 0.372 e. The Morgan fingerprint density at radius 1 is 1.00 bits per heavy atom. The summed E-state index contributed by atoms with van der Waals surface area (Å²) in [5, 5.41) is 0. The maximum Gasteiger partial charge on any atom is 0.185 e. The zero-order valence-electron chi connectivity index (χ0n) is 13.3. The highest BCUT2D eigenvalue weighted by molar-refractivity contribution is 6.06. The van der Waals surface area contributed by atoms with Gasteiger partial charge in [0, 0.05) is 36.7 Å². The summed E-state index contributed by atoms with van der Waals surface area (Å²) in [5.74, 6) is 0.0243. The van der Waals surface area contributed by atoms with Crippen molar-refractivity contribution in [3.63, 3.8) is 0 Å². The Morgan fingerprint density at radius 2 is 1.74 bits per heavy atom. The molecule has 3 heteroatoms. The number of anilines is 1. The molecule has 118 valence electrons. The highest BCUT2D eigenvalue weighted by atomic mass is 16.1. The lowest BCUT2D eigenvalue weighted by Gasteiger charge is -2.22. The molecule has 0 bridgehead atoms. The van der Waals surface area contributed by atoms with Gasteiger partial charge < -0.3 is 4.90 Å². The van der Waals surface area contributed by atoms with Crippen LogP contribution in [0.4, 0.5) is 5.69 Å². The van der Waals surface area contributed by atoms with E-state index in [4.69, 9.17) is 0 Å². The van der Waals surface area contributed by atoms with Crippen LogP contribution in [-0.4, -0.2) is 23.9 Å². The first-order valence-corrected chi connectivity index (χ1v) is 8.30. The molecule has 0 aliphatic carbocycles. The van der Waals surface area contributed by atoms with Crippen LogP contribution in [0.1, 0.15) is 41.6 Å². The quantitative estimate of drug-likeness (QED) is 0.621. The van der Waals surface area contributed by atoms with Gasteiger partial charge >= 0.3 is 0 Å². The first-order chi connectivity index (χ1) is 11.3. The second-order valence-electron chi connectivity index (χ2n) is 5.93. The standard InChI is InChI=1S/C20H22N2O/c23-20(12-7-17-6-5-13-21-16-17)18-8-10-19(11-9-18)22-14-3-1-2-4-15-22/h5-13,16H,1-4,14-15H2. The molecule has 1 aromatic heterocycles. The minimum atomic E-state index is 0.0243. The van der Waals surface area contributed by atoms with Gasteiger partial charge in [0.1, 0.15) is 0 Å². The minimum absolute atomic E-state index is 0.0243. The average molecular weight is 306 g/mol. The van der Waals surface area contributed by atoms with Crippen LogP contribution in [0.25, 0.3) is 6.08 Å². The third-order valence-electron chi connectivity index (χ3n) is 4.23. The van der Waals surface area contributed by atoms with Crippen LogP contribution in [0, 0.1) is 0 Å². The van der Waals surface area contributed by atoms with Crippen LogP contribution in [0.3, 0.4) is 0 Å². The van der Waals surface area contributed by atoms with E-state index in [9.17, 15) is 4.79 Å². The number of pyridine rings is 1. The van der Waals surface area contributed by atoms with Gasteiger partial charge in [0.25, 0.3) is 0 Å². The SMILES string of the molecule is O=C(C=Cc1cccnc1)c1ccc(N2CCCCCC2)cc1. The van der Waals surface area contributed by atoms with E-state index in [-0.39, 0.29) is 5.78 Å². The molecule has 2 aromatic rings. The topological polar surface area (TPSA) is 33.2 Å². The fraction of sp³-hybridized carbons (Fsp3) is 0.300. The van der Waals surface area contributed by atoms with Crippen LogP contribution in [0.2, 0.25) is 0 Å². The zero-order valence-corrected chi connectivity index (χ0v) is 13.3. The molecule has 3 rings (SSSR count). The third-order valence-corrected chi connectivity index (χ3v) is 4.23. The van der Waals surface area contributed by atoms with E-state index in [1.807, 2.05) is 24.3 Å². The molecule has 1 fully saturated rings. The Hall–Kier alpha value is -2.42. The number of nitrogens with zero attached hydrogens (tertiary/aromatic N) is 2. The number of carbonyl (C=O) groups is 1. The normalized spacial score (nSPS) is 15.6. The Morgan fingerprint density at radius 3 is 2.39 bits per heavy atom. The number of ketones is 1. The molecule has 1 aliphatic rings. The summed E-state index contributed by atoms with van der Waals surface area (Å²) in [5.41, 5.74) is 2.88. The fourth-order valence-corrected chi connectivity index (χ4v) is 2.91. The van der Waals surface area contributed by atoms with Crippen LogP contribution in [0.15, 0.2) is 54.9 Å². The summed E-state index contributed by atoms with van der Waals surface area (Å²) in [6.07, 6.45) is 12.0. The highest BCUT2D eigenvalue weighted by Gasteiger charge is 2.10. The lowest BCUT2D eigenvalue weighted by molar-refractivity contribution is 0.104. The van der Waals surface area contributed by atoms with Gasteiger partial charge in [0.05, 0.1) is 0 Å². The number of rotatable bonds is 4. The number of carbonyl (C=O) groups excluding carboxylic acids is 1. The van der Waals surface area contributed by atoms with Crippen molar-refractivity contribution < 1.29 is 4.79 Å². The van der Waals surface area contributed by atoms with E-state index in [0.717, 1.165) is 24.2 Å². The van der Waals surface area contributed by atoms with Crippen molar-refractivity contribution in [1.82, 2.24) is 4.98 Å². The van der Waals surface area contributed by atoms with Crippen molar-refractivity contribution in [2.45, 2.75) is 25.7 Å². The maximum absolute atomic E-state index is 12.2. The second-order valence-corrected chi connectivity index (χ2v) is 5.93. The molecular weight excluding hydrogens is 284 g/mol. The Labute approximate surface area is 137 Å². The van der Waals surface area contributed by atoms with Gasteiger partial charge in [-0.15, -0.1) is 0 Å². The van der Waals surface area contributed by atoms with Crippen molar-refractivity contribution in [2.75, 3.05) is 18.0 Å². The van der Waals surface area contributed by atoms with Gasteiger partial charge in [0.2, 0.25) is 0 Å². The third kappa shape index (κ3) is 4.28. The van der Waals surface area contributed by atoms with E-state index in [0.29, 0.717) is 0 Å². The molecule has 0 amide bonds. The van der Waals surface area contributed by atoms with Gasteiger partial charge in [-0.25, -0.2) is 0 Å². The average Bonchev–Trinajstić information content (AvgIpc) is 2.90. The van der Waals surface area contributed by atoms with Crippen molar-refractivity contribution in [3.05, 3.63) is 66.0 Å². The fourth-order valence-electron chi connectivity index (χ4n) is 2.91. The van der Waals surface area contributed by atoms with E-state index in [1.54, 1.807) is 24.5 Å². The summed E-state index contributed by atoms with van der Waals surface area (Å²) in [6.45, 7) is 2.24.